The molecule has 1 saturated heterocycles. The fraction of sp³-hybridized carbons (Fsp3) is 0.500. The molecule has 1 atom stereocenters. The number of anilines is 1. The van der Waals surface area contributed by atoms with Crippen molar-refractivity contribution in [3.8, 4) is 0 Å². The highest BCUT2D eigenvalue weighted by Gasteiger charge is 2.15. The minimum atomic E-state index is 0.221. The van der Waals surface area contributed by atoms with Crippen LogP contribution in [0.2, 0.25) is 0 Å². The number of hydrogen-bond donors (Lipinski definition) is 1. The number of nitrogens with two attached hydrogens (primary N) is 1. The number of rotatable bonds is 3. The molecule has 1 fully saturated rings. The van der Waals surface area contributed by atoms with Crippen molar-refractivity contribution in [3.05, 3.63) is 24.0 Å². The van der Waals surface area contributed by atoms with E-state index in [2.05, 4.69) is 4.98 Å². The normalized spacial score (nSPS) is 21.3. The average molecular weight is 194 g/mol. The molecule has 1 unspecified atom stereocenters. The van der Waals surface area contributed by atoms with Gasteiger partial charge < -0.3 is 15.2 Å². The van der Waals surface area contributed by atoms with Crippen molar-refractivity contribution in [2.75, 3.05) is 18.9 Å². The highest BCUT2D eigenvalue weighted by atomic mass is 16.5. The lowest BCUT2D eigenvalue weighted by Crippen LogP contribution is -2.12. The third-order valence-corrected chi connectivity index (χ3v) is 2.20. The van der Waals surface area contributed by atoms with Crippen molar-refractivity contribution in [3.63, 3.8) is 0 Å². The van der Waals surface area contributed by atoms with Gasteiger partial charge in [0.2, 0.25) is 0 Å². The molecule has 14 heavy (non-hydrogen) atoms. The number of ether oxygens (including phenoxy) is 2. The Morgan fingerprint density at radius 3 is 3.29 bits per heavy atom. The summed E-state index contributed by atoms with van der Waals surface area (Å²) in [4.78, 5) is 4.15. The van der Waals surface area contributed by atoms with E-state index in [0.717, 1.165) is 24.4 Å². The van der Waals surface area contributed by atoms with Gasteiger partial charge in [-0.15, -0.1) is 0 Å². The number of nitrogen functional groups attached to an aromatic ring is 1. The zero-order valence-electron chi connectivity index (χ0n) is 7.98. The van der Waals surface area contributed by atoms with Gasteiger partial charge in [0.25, 0.3) is 0 Å². The van der Waals surface area contributed by atoms with Gasteiger partial charge in [0.15, 0.2) is 0 Å². The molecule has 2 N–H and O–H groups in total. The second-order valence-electron chi connectivity index (χ2n) is 3.38. The van der Waals surface area contributed by atoms with E-state index in [4.69, 9.17) is 15.2 Å². The minimum absolute atomic E-state index is 0.221. The molecule has 76 valence electrons. The molecule has 1 aliphatic heterocycles. The molecule has 1 aliphatic rings. The second-order valence-corrected chi connectivity index (χ2v) is 3.38. The summed E-state index contributed by atoms with van der Waals surface area (Å²) < 4.78 is 10.8. The summed E-state index contributed by atoms with van der Waals surface area (Å²) in [5, 5.41) is 0. The number of pyridine rings is 1. The van der Waals surface area contributed by atoms with Crippen LogP contribution in [0.4, 0.5) is 5.69 Å². The predicted octanol–water partition coefficient (Wildman–Crippen LogP) is 0.969. The molecule has 0 radical (unpaired) electrons. The van der Waals surface area contributed by atoms with Crippen molar-refractivity contribution in [1.82, 2.24) is 4.98 Å². The summed E-state index contributed by atoms with van der Waals surface area (Å²) in [5.74, 6) is 0. The molecule has 0 aromatic carbocycles. The molecule has 0 spiro atoms. The van der Waals surface area contributed by atoms with Gasteiger partial charge in [-0.3, -0.25) is 4.98 Å². The molecule has 0 amide bonds. The maximum atomic E-state index is 5.62. The lowest BCUT2D eigenvalue weighted by atomic mass is 10.3. The average Bonchev–Trinajstić information content (AvgIpc) is 2.67. The van der Waals surface area contributed by atoms with Crippen molar-refractivity contribution < 1.29 is 9.47 Å². The molecule has 0 aliphatic carbocycles. The van der Waals surface area contributed by atoms with Crippen molar-refractivity contribution in [1.29, 1.82) is 0 Å². The standard InChI is InChI=1S/C10H14N2O2/c11-8-1-3-12-9(5-8)6-14-10-2-4-13-7-10/h1,3,5,10H,2,4,6-7H2,(H2,11,12). The fourth-order valence-electron chi connectivity index (χ4n) is 1.42. The molecule has 1 aromatic heterocycles. The summed E-state index contributed by atoms with van der Waals surface area (Å²) >= 11 is 0. The Balaban J connectivity index is 1.85. The van der Waals surface area contributed by atoms with Crippen LogP contribution in [-0.4, -0.2) is 24.3 Å². The first-order valence-corrected chi connectivity index (χ1v) is 4.74. The van der Waals surface area contributed by atoms with Gasteiger partial charge in [0.1, 0.15) is 0 Å². The summed E-state index contributed by atoms with van der Waals surface area (Å²) in [6, 6.07) is 3.60. The van der Waals surface area contributed by atoms with Gasteiger partial charge in [0, 0.05) is 18.5 Å². The van der Waals surface area contributed by atoms with Gasteiger partial charge in [-0.25, -0.2) is 0 Å². The van der Waals surface area contributed by atoms with Gasteiger partial charge in [-0.2, -0.15) is 0 Å². The maximum Gasteiger partial charge on any atom is 0.0893 e. The number of nitrogens with zero attached hydrogens (tertiary/aromatic N) is 1. The van der Waals surface area contributed by atoms with E-state index in [1.54, 1.807) is 12.3 Å². The largest absolute Gasteiger partial charge is 0.399 e. The Morgan fingerprint density at radius 1 is 1.64 bits per heavy atom. The van der Waals surface area contributed by atoms with Crippen LogP contribution in [0.25, 0.3) is 0 Å². The van der Waals surface area contributed by atoms with Crippen molar-refractivity contribution >= 4 is 5.69 Å². The predicted molar refractivity (Wildman–Crippen MR) is 52.7 cm³/mol. The van der Waals surface area contributed by atoms with E-state index < -0.39 is 0 Å². The van der Waals surface area contributed by atoms with Crippen molar-refractivity contribution in [2.24, 2.45) is 0 Å². The van der Waals surface area contributed by atoms with Crippen LogP contribution in [0.1, 0.15) is 12.1 Å². The summed E-state index contributed by atoms with van der Waals surface area (Å²) in [5.41, 5.74) is 7.22. The Kier molecular flexibility index (Phi) is 2.96. The molecule has 0 bridgehead atoms. The molecule has 0 saturated carbocycles. The lowest BCUT2D eigenvalue weighted by molar-refractivity contribution is 0.0302. The monoisotopic (exact) mass is 194 g/mol. The van der Waals surface area contributed by atoms with Crippen LogP contribution < -0.4 is 5.73 Å². The second kappa shape index (κ2) is 4.39. The van der Waals surface area contributed by atoms with E-state index in [1.807, 2.05) is 6.07 Å². The molecule has 4 heteroatoms. The maximum absolute atomic E-state index is 5.62. The highest BCUT2D eigenvalue weighted by molar-refractivity contribution is 5.36. The number of hydrogen-bond acceptors (Lipinski definition) is 4. The van der Waals surface area contributed by atoms with Crippen molar-refractivity contribution in [2.45, 2.75) is 19.1 Å². The Hall–Kier alpha value is -1.13. The van der Waals surface area contributed by atoms with Crippen LogP contribution in [-0.2, 0) is 16.1 Å². The first-order valence-electron chi connectivity index (χ1n) is 4.74. The quantitative estimate of drug-likeness (QED) is 0.779. The molecule has 4 nitrogen and oxygen atoms in total. The summed E-state index contributed by atoms with van der Waals surface area (Å²) in [6.07, 6.45) is 2.89. The van der Waals surface area contributed by atoms with E-state index >= 15 is 0 Å². The third-order valence-electron chi connectivity index (χ3n) is 2.20. The molecule has 2 heterocycles. The van der Waals surface area contributed by atoms with Crippen LogP contribution in [0.5, 0.6) is 0 Å². The first kappa shape index (κ1) is 9.43. The zero-order chi connectivity index (χ0) is 9.80. The Labute approximate surface area is 83.0 Å². The van der Waals surface area contributed by atoms with Gasteiger partial charge in [0.05, 0.1) is 25.0 Å². The van der Waals surface area contributed by atoms with Gasteiger partial charge >= 0.3 is 0 Å². The van der Waals surface area contributed by atoms with E-state index in [0.29, 0.717) is 13.2 Å². The SMILES string of the molecule is Nc1ccnc(COC2CCOC2)c1. The molecular weight excluding hydrogens is 180 g/mol. The highest BCUT2D eigenvalue weighted by Crippen LogP contribution is 2.11. The van der Waals surface area contributed by atoms with E-state index in [9.17, 15) is 0 Å². The third kappa shape index (κ3) is 2.43. The van der Waals surface area contributed by atoms with Crippen LogP contribution in [0.15, 0.2) is 18.3 Å². The van der Waals surface area contributed by atoms with E-state index in [1.165, 1.54) is 0 Å². The molecule has 2 rings (SSSR count). The topological polar surface area (TPSA) is 57.4 Å². The van der Waals surface area contributed by atoms with Crippen LogP contribution >= 0.6 is 0 Å². The number of aromatic nitrogens is 1. The minimum Gasteiger partial charge on any atom is -0.399 e. The van der Waals surface area contributed by atoms with Crippen LogP contribution in [0.3, 0.4) is 0 Å². The Bertz CT molecular complexity index is 298. The molecule has 1 aromatic rings. The summed E-state index contributed by atoms with van der Waals surface area (Å²) in [6.45, 7) is 2.01. The lowest BCUT2D eigenvalue weighted by Gasteiger charge is -2.09. The fourth-order valence-corrected chi connectivity index (χ4v) is 1.42. The Morgan fingerprint density at radius 2 is 2.57 bits per heavy atom. The van der Waals surface area contributed by atoms with Crippen LogP contribution in [0, 0.1) is 0 Å². The zero-order valence-corrected chi connectivity index (χ0v) is 7.98. The molecular formula is C10H14N2O2. The van der Waals surface area contributed by atoms with E-state index in [-0.39, 0.29) is 6.10 Å². The summed E-state index contributed by atoms with van der Waals surface area (Å²) in [7, 11) is 0. The van der Waals surface area contributed by atoms with Gasteiger partial charge in [-0.05, 0) is 18.6 Å². The van der Waals surface area contributed by atoms with Gasteiger partial charge in [-0.1, -0.05) is 0 Å². The first-order chi connectivity index (χ1) is 6.84. The smallest absolute Gasteiger partial charge is 0.0893 e.